The van der Waals surface area contributed by atoms with Crippen molar-refractivity contribution in [3.8, 4) is 0 Å². The van der Waals surface area contributed by atoms with E-state index in [0.717, 1.165) is 39.4 Å². The minimum Gasteiger partial charge on any atom is -0.383 e. The number of thiophene rings is 1. The SMILES string of the molecule is Cc1csc2nc(CSc3nc(N)c4c5c(sc4n3)CC(C)CC5)cc(=O)n12. The Morgan fingerprint density at radius 1 is 1.36 bits per heavy atom. The van der Waals surface area contributed by atoms with E-state index in [1.807, 2.05) is 12.3 Å². The van der Waals surface area contributed by atoms with Gasteiger partial charge in [-0.25, -0.2) is 15.0 Å². The fraction of sp³-hybridized carbons (Fsp3) is 0.368. The molecule has 0 spiro atoms. The first kappa shape index (κ1) is 18.1. The van der Waals surface area contributed by atoms with E-state index in [1.54, 1.807) is 21.8 Å². The lowest BCUT2D eigenvalue weighted by Gasteiger charge is -2.17. The highest BCUT2D eigenvalue weighted by Crippen LogP contribution is 2.40. The van der Waals surface area contributed by atoms with Crippen LogP contribution in [0, 0.1) is 12.8 Å². The van der Waals surface area contributed by atoms with Gasteiger partial charge < -0.3 is 5.73 Å². The quantitative estimate of drug-likeness (QED) is 0.390. The Morgan fingerprint density at radius 3 is 3.07 bits per heavy atom. The van der Waals surface area contributed by atoms with E-state index in [2.05, 4.69) is 16.9 Å². The van der Waals surface area contributed by atoms with Crippen LogP contribution in [0.2, 0.25) is 0 Å². The van der Waals surface area contributed by atoms with Crippen molar-refractivity contribution in [3.05, 3.63) is 43.6 Å². The van der Waals surface area contributed by atoms with Crippen LogP contribution >= 0.6 is 34.4 Å². The molecular formula is C19H19N5OS3. The molecule has 0 radical (unpaired) electrons. The number of nitrogens with two attached hydrogens (primary N) is 1. The number of anilines is 1. The summed E-state index contributed by atoms with van der Waals surface area (Å²) in [5.74, 6) is 1.82. The Hall–Kier alpha value is -1.97. The number of fused-ring (bicyclic) bond motifs is 4. The summed E-state index contributed by atoms with van der Waals surface area (Å²) >= 11 is 4.70. The zero-order valence-electron chi connectivity index (χ0n) is 15.6. The second-order valence-electron chi connectivity index (χ2n) is 7.29. The summed E-state index contributed by atoms with van der Waals surface area (Å²) in [5.41, 5.74) is 9.25. The molecule has 2 N–H and O–H groups in total. The zero-order chi connectivity index (χ0) is 19.4. The third-order valence-corrected chi connectivity index (χ3v) is 8.11. The number of hydrogen-bond donors (Lipinski definition) is 1. The molecule has 0 saturated carbocycles. The van der Waals surface area contributed by atoms with E-state index in [-0.39, 0.29) is 5.56 Å². The predicted octanol–water partition coefficient (Wildman–Crippen LogP) is 4.07. The molecule has 0 aliphatic heterocycles. The molecular weight excluding hydrogens is 410 g/mol. The van der Waals surface area contributed by atoms with Crippen LogP contribution in [0.5, 0.6) is 0 Å². The summed E-state index contributed by atoms with van der Waals surface area (Å²) in [6.07, 6.45) is 3.36. The van der Waals surface area contributed by atoms with Crippen molar-refractivity contribution in [1.29, 1.82) is 0 Å². The number of nitrogens with zero attached hydrogens (tertiary/aromatic N) is 4. The fourth-order valence-electron chi connectivity index (χ4n) is 3.73. The average Bonchev–Trinajstić information content (AvgIpc) is 3.20. The molecule has 6 nitrogen and oxygen atoms in total. The van der Waals surface area contributed by atoms with Gasteiger partial charge in [-0.15, -0.1) is 22.7 Å². The number of thioether (sulfide) groups is 1. The zero-order valence-corrected chi connectivity index (χ0v) is 18.0. The van der Waals surface area contributed by atoms with Gasteiger partial charge in [0.2, 0.25) is 0 Å². The van der Waals surface area contributed by atoms with Crippen molar-refractivity contribution >= 4 is 55.4 Å². The van der Waals surface area contributed by atoms with Gasteiger partial charge >= 0.3 is 0 Å². The van der Waals surface area contributed by atoms with Crippen molar-refractivity contribution in [3.63, 3.8) is 0 Å². The molecule has 1 aliphatic carbocycles. The summed E-state index contributed by atoms with van der Waals surface area (Å²) < 4.78 is 1.64. The van der Waals surface area contributed by atoms with Crippen molar-refractivity contribution < 1.29 is 0 Å². The highest BCUT2D eigenvalue weighted by molar-refractivity contribution is 7.98. The number of aryl methyl sites for hydroxylation is 2. The largest absolute Gasteiger partial charge is 0.383 e. The normalized spacial score (nSPS) is 16.7. The Morgan fingerprint density at radius 2 is 2.21 bits per heavy atom. The number of aromatic nitrogens is 4. The van der Waals surface area contributed by atoms with E-state index in [1.165, 1.54) is 40.0 Å². The smallest absolute Gasteiger partial charge is 0.258 e. The second kappa shape index (κ2) is 6.82. The molecule has 4 heterocycles. The maximum Gasteiger partial charge on any atom is 0.258 e. The maximum absolute atomic E-state index is 12.3. The van der Waals surface area contributed by atoms with E-state index >= 15 is 0 Å². The third-order valence-electron chi connectivity index (χ3n) is 5.14. The predicted molar refractivity (Wildman–Crippen MR) is 117 cm³/mol. The van der Waals surface area contributed by atoms with Crippen molar-refractivity contribution in [2.24, 2.45) is 5.92 Å². The number of hydrogen-bond acceptors (Lipinski definition) is 8. The first-order chi connectivity index (χ1) is 13.5. The highest BCUT2D eigenvalue weighted by atomic mass is 32.2. The topological polar surface area (TPSA) is 86.2 Å². The lowest BCUT2D eigenvalue weighted by atomic mass is 9.89. The standard InChI is InChI=1S/C19H19N5OS3/c1-9-3-4-12-13(5-9)28-17-15(12)16(20)22-18(23-17)26-8-11-6-14(25)24-10(2)7-27-19(24)21-11/h6-7,9H,3-5,8H2,1-2H3,(H2,20,22,23). The Kier molecular flexibility index (Phi) is 4.41. The van der Waals surface area contributed by atoms with Gasteiger partial charge in [-0.05, 0) is 37.7 Å². The van der Waals surface area contributed by atoms with Gasteiger partial charge in [0.1, 0.15) is 10.6 Å². The maximum atomic E-state index is 12.3. The first-order valence-corrected chi connectivity index (χ1v) is 11.8. The third kappa shape index (κ3) is 3.01. The second-order valence-corrected chi connectivity index (χ2v) is 10.2. The lowest BCUT2D eigenvalue weighted by Crippen LogP contribution is -2.14. The molecule has 28 heavy (non-hydrogen) atoms. The van der Waals surface area contributed by atoms with E-state index < -0.39 is 0 Å². The van der Waals surface area contributed by atoms with Gasteiger partial charge in [0, 0.05) is 27.8 Å². The summed E-state index contributed by atoms with van der Waals surface area (Å²) in [4.78, 5) is 29.3. The van der Waals surface area contributed by atoms with Gasteiger partial charge in [0.05, 0.1) is 11.1 Å². The van der Waals surface area contributed by atoms with Gasteiger partial charge in [0.15, 0.2) is 10.1 Å². The highest BCUT2D eigenvalue weighted by Gasteiger charge is 2.23. The van der Waals surface area contributed by atoms with Crippen LogP contribution in [-0.2, 0) is 18.6 Å². The van der Waals surface area contributed by atoms with E-state index in [4.69, 9.17) is 10.7 Å². The molecule has 144 valence electrons. The fourth-order valence-corrected chi connectivity index (χ4v) is 6.81. The molecule has 0 aromatic carbocycles. The first-order valence-electron chi connectivity index (χ1n) is 9.17. The van der Waals surface area contributed by atoms with Gasteiger partial charge in [0.25, 0.3) is 5.56 Å². The number of thiazole rings is 1. The lowest BCUT2D eigenvalue weighted by molar-refractivity contribution is 0.509. The monoisotopic (exact) mass is 429 g/mol. The van der Waals surface area contributed by atoms with Crippen LogP contribution in [0.15, 0.2) is 21.4 Å². The molecule has 0 saturated heterocycles. The van der Waals surface area contributed by atoms with Crippen molar-refractivity contribution in [2.75, 3.05) is 5.73 Å². The average molecular weight is 430 g/mol. The molecule has 9 heteroatoms. The molecule has 5 rings (SSSR count). The summed E-state index contributed by atoms with van der Waals surface area (Å²) in [6, 6.07) is 1.59. The molecule has 1 aliphatic rings. The Labute approximate surface area is 173 Å². The van der Waals surface area contributed by atoms with Crippen LogP contribution in [-0.4, -0.2) is 19.4 Å². The molecule has 0 fully saturated rings. The van der Waals surface area contributed by atoms with Crippen LogP contribution < -0.4 is 11.3 Å². The molecule has 4 aromatic rings. The van der Waals surface area contributed by atoms with Gasteiger partial charge in [-0.2, -0.15) is 0 Å². The molecule has 1 unspecified atom stereocenters. The van der Waals surface area contributed by atoms with Crippen LogP contribution in [0.1, 0.15) is 35.2 Å². The van der Waals surface area contributed by atoms with Gasteiger partial charge in [-0.3, -0.25) is 9.20 Å². The van der Waals surface area contributed by atoms with Crippen molar-refractivity contribution in [1.82, 2.24) is 19.4 Å². The summed E-state index contributed by atoms with van der Waals surface area (Å²) in [5, 5.41) is 3.63. The van der Waals surface area contributed by atoms with Crippen LogP contribution in [0.25, 0.3) is 15.2 Å². The minimum absolute atomic E-state index is 0.0460. The number of rotatable bonds is 3. The molecule has 0 bridgehead atoms. The Balaban J connectivity index is 1.45. The van der Waals surface area contributed by atoms with Crippen LogP contribution in [0.4, 0.5) is 5.82 Å². The van der Waals surface area contributed by atoms with Crippen molar-refractivity contribution in [2.45, 2.75) is 44.0 Å². The minimum atomic E-state index is -0.0460. The molecule has 0 amide bonds. The Bertz CT molecular complexity index is 1270. The van der Waals surface area contributed by atoms with E-state index in [9.17, 15) is 4.79 Å². The van der Waals surface area contributed by atoms with Gasteiger partial charge in [-0.1, -0.05) is 18.7 Å². The summed E-state index contributed by atoms with van der Waals surface area (Å²) in [7, 11) is 0. The van der Waals surface area contributed by atoms with Crippen LogP contribution in [0.3, 0.4) is 0 Å². The van der Waals surface area contributed by atoms with E-state index in [0.29, 0.717) is 22.6 Å². The molecule has 1 atom stereocenters. The molecule has 4 aromatic heterocycles. The number of nitrogen functional groups attached to an aromatic ring is 1. The summed E-state index contributed by atoms with van der Waals surface area (Å²) in [6.45, 7) is 4.21.